The third-order valence-electron chi connectivity index (χ3n) is 3.56. The summed E-state index contributed by atoms with van der Waals surface area (Å²) in [5.74, 6) is -1.15. The van der Waals surface area contributed by atoms with E-state index in [1.807, 2.05) is 51.1 Å². The van der Waals surface area contributed by atoms with E-state index >= 15 is 0 Å². The number of amides is 2. The topological polar surface area (TPSA) is 86.2 Å². The van der Waals surface area contributed by atoms with Crippen molar-refractivity contribution in [3.8, 4) is 11.1 Å². The normalized spacial score (nSPS) is 11.2. The van der Waals surface area contributed by atoms with E-state index in [-0.39, 0.29) is 5.41 Å². The monoisotopic (exact) mass is 296 g/mol. The second kappa shape index (κ2) is 5.64. The molecule has 2 aromatic carbocycles. The largest absolute Gasteiger partial charge is 0.366 e. The molecule has 2 amide bonds. The molecule has 0 spiro atoms. The van der Waals surface area contributed by atoms with Crippen LogP contribution in [0.25, 0.3) is 11.1 Å². The molecule has 4 heteroatoms. The van der Waals surface area contributed by atoms with Crippen molar-refractivity contribution < 1.29 is 9.59 Å². The third-order valence-corrected chi connectivity index (χ3v) is 3.56. The maximum absolute atomic E-state index is 11.9. The second-order valence-corrected chi connectivity index (χ2v) is 6.29. The minimum atomic E-state index is -0.576. The molecule has 0 aliphatic rings. The smallest absolute Gasteiger partial charge is 0.249 e. The molecule has 0 saturated carbocycles. The predicted octanol–water partition coefficient (Wildman–Crippen LogP) is 2.85. The van der Waals surface area contributed by atoms with Crippen LogP contribution >= 0.6 is 0 Å². The van der Waals surface area contributed by atoms with Crippen molar-refractivity contribution in [1.82, 2.24) is 0 Å². The maximum atomic E-state index is 11.9. The van der Waals surface area contributed by atoms with E-state index in [9.17, 15) is 9.59 Å². The van der Waals surface area contributed by atoms with Gasteiger partial charge in [0.2, 0.25) is 11.8 Å². The molecular weight excluding hydrogens is 276 g/mol. The maximum Gasteiger partial charge on any atom is 0.249 e. The average molecular weight is 296 g/mol. The fraction of sp³-hybridized carbons (Fsp3) is 0.222. The van der Waals surface area contributed by atoms with Crippen molar-refractivity contribution in [2.45, 2.75) is 26.2 Å². The minimum absolute atomic E-state index is 0.277. The Bertz CT molecular complexity index is 729. The molecule has 0 atom stereocenters. The molecule has 0 unspecified atom stereocenters. The Morgan fingerprint density at radius 3 is 1.95 bits per heavy atom. The van der Waals surface area contributed by atoms with E-state index < -0.39 is 11.8 Å². The minimum Gasteiger partial charge on any atom is -0.366 e. The van der Waals surface area contributed by atoms with Crippen molar-refractivity contribution in [1.29, 1.82) is 0 Å². The van der Waals surface area contributed by atoms with E-state index in [2.05, 4.69) is 0 Å². The number of rotatable bonds is 3. The van der Waals surface area contributed by atoms with Gasteiger partial charge in [-0.05, 0) is 34.2 Å². The zero-order chi connectivity index (χ0) is 16.5. The second-order valence-electron chi connectivity index (χ2n) is 6.29. The summed E-state index contributed by atoms with van der Waals surface area (Å²) in [7, 11) is 0. The summed E-state index contributed by atoms with van der Waals surface area (Å²) in [5.41, 5.74) is 13.8. The highest BCUT2D eigenvalue weighted by molar-refractivity contribution is 6.04. The highest BCUT2D eigenvalue weighted by atomic mass is 16.1. The number of carbonyl (C=O) groups excluding carboxylic acids is 2. The van der Waals surface area contributed by atoms with Gasteiger partial charge in [-0.25, -0.2) is 0 Å². The number of carbonyl (C=O) groups is 2. The first-order chi connectivity index (χ1) is 10.2. The van der Waals surface area contributed by atoms with Crippen LogP contribution in [0.3, 0.4) is 0 Å². The number of primary amides is 2. The first-order valence-electron chi connectivity index (χ1n) is 7.05. The van der Waals surface area contributed by atoms with E-state index in [1.165, 1.54) is 6.07 Å². The molecular formula is C18H20N2O2. The van der Waals surface area contributed by atoms with Crippen molar-refractivity contribution >= 4 is 11.8 Å². The van der Waals surface area contributed by atoms with Crippen LogP contribution in [0.4, 0.5) is 0 Å². The van der Waals surface area contributed by atoms with Crippen molar-refractivity contribution in [3.05, 3.63) is 59.2 Å². The van der Waals surface area contributed by atoms with E-state index in [4.69, 9.17) is 11.5 Å². The summed E-state index contributed by atoms with van der Waals surface area (Å²) < 4.78 is 0. The number of nitrogens with two attached hydrogens (primary N) is 2. The van der Waals surface area contributed by atoms with Crippen LogP contribution in [0.1, 0.15) is 47.1 Å². The Morgan fingerprint density at radius 1 is 0.909 bits per heavy atom. The van der Waals surface area contributed by atoms with E-state index in [1.54, 1.807) is 6.07 Å². The lowest BCUT2D eigenvalue weighted by atomic mass is 9.78. The van der Waals surface area contributed by atoms with Crippen LogP contribution < -0.4 is 11.5 Å². The SMILES string of the molecule is CC(C)(C)c1cc(C(N)=O)cc(C(N)=O)c1-c1ccccc1. The summed E-state index contributed by atoms with van der Waals surface area (Å²) in [6, 6.07) is 12.8. The zero-order valence-electron chi connectivity index (χ0n) is 13.0. The van der Waals surface area contributed by atoms with Gasteiger partial charge in [-0.15, -0.1) is 0 Å². The van der Waals surface area contributed by atoms with E-state index in [0.717, 1.165) is 16.7 Å². The van der Waals surface area contributed by atoms with Gasteiger partial charge in [-0.3, -0.25) is 9.59 Å². The first-order valence-corrected chi connectivity index (χ1v) is 7.05. The van der Waals surface area contributed by atoms with Gasteiger partial charge in [0.25, 0.3) is 0 Å². The number of hydrogen-bond acceptors (Lipinski definition) is 2. The molecule has 22 heavy (non-hydrogen) atoms. The van der Waals surface area contributed by atoms with Gasteiger partial charge in [-0.1, -0.05) is 51.1 Å². The molecule has 0 heterocycles. The van der Waals surface area contributed by atoms with Gasteiger partial charge in [0, 0.05) is 11.1 Å². The van der Waals surface area contributed by atoms with Crippen LogP contribution in [-0.2, 0) is 5.41 Å². The molecule has 0 radical (unpaired) electrons. The quantitative estimate of drug-likeness (QED) is 0.912. The zero-order valence-corrected chi connectivity index (χ0v) is 13.0. The van der Waals surface area contributed by atoms with Crippen molar-refractivity contribution in [2.75, 3.05) is 0 Å². The highest BCUT2D eigenvalue weighted by Gasteiger charge is 2.25. The third kappa shape index (κ3) is 3.01. The lowest BCUT2D eigenvalue weighted by Crippen LogP contribution is -2.22. The van der Waals surface area contributed by atoms with Gasteiger partial charge < -0.3 is 11.5 Å². The van der Waals surface area contributed by atoms with Crippen LogP contribution in [-0.4, -0.2) is 11.8 Å². The van der Waals surface area contributed by atoms with Gasteiger partial charge in [-0.2, -0.15) is 0 Å². The fourth-order valence-electron chi connectivity index (χ4n) is 2.49. The molecule has 4 N–H and O–H groups in total. The molecule has 0 saturated heterocycles. The number of benzene rings is 2. The molecule has 0 aliphatic heterocycles. The molecule has 2 rings (SSSR count). The number of hydrogen-bond donors (Lipinski definition) is 2. The lowest BCUT2D eigenvalue weighted by molar-refractivity contribution is 0.0999. The first kappa shape index (κ1) is 15.8. The van der Waals surface area contributed by atoms with Crippen LogP contribution in [0, 0.1) is 0 Å². The molecule has 0 aliphatic carbocycles. The Balaban J connectivity index is 2.90. The highest BCUT2D eigenvalue weighted by Crippen LogP contribution is 2.36. The van der Waals surface area contributed by atoms with Crippen molar-refractivity contribution in [3.63, 3.8) is 0 Å². The van der Waals surface area contributed by atoms with Gasteiger partial charge in [0.05, 0.1) is 0 Å². The Morgan fingerprint density at radius 2 is 1.50 bits per heavy atom. The molecule has 0 aromatic heterocycles. The predicted molar refractivity (Wildman–Crippen MR) is 87.6 cm³/mol. The summed E-state index contributed by atoms with van der Waals surface area (Å²) in [6.45, 7) is 6.05. The summed E-state index contributed by atoms with van der Waals surface area (Å²) >= 11 is 0. The molecule has 2 aromatic rings. The summed E-state index contributed by atoms with van der Waals surface area (Å²) in [5, 5.41) is 0. The van der Waals surface area contributed by atoms with Gasteiger partial charge >= 0.3 is 0 Å². The van der Waals surface area contributed by atoms with Crippen LogP contribution in [0.2, 0.25) is 0 Å². The average Bonchev–Trinajstić information content (AvgIpc) is 2.45. The Kier molecular flexibility index (Phi) is 4.04. The lowest BCUT2D eigenvalue weighted by Gasteiger charge is -2.25. The van der Waals surface area contributed by atoms with Crippen LogP contribution in [0.15, 0.2) is 42.5 Å². The summed E-state index contributed by atoms with van der Waals surface area (Å²) in [6.07, 6.45) is 0. The standard InChI is InChI=1S/C18H20N2O2/c1-18(2,3)14-10-12(16(19)21)9-13(17(20)22)15(14)11-7-5-4-6-8-11/h4-10H,1-3H3,(H2,19,21)(H2,20,22). The van der Waals surface area contributed by atoms with E-state index in [0.29, 0.717) is 11.1 Å². The molecule has 114 valence electrons. The molecule has 0 fully saturated rings. The van der Waals surface area contributed by atoms with Crippen LogP contribution in [0.5, 0.6) is 0 Å². The Hall–Kier alpha value is -2.62. The van der Waals surface area contributed by atoms with Crippen molar-refractivity contribution in [2.24, 2.45) is 11.5 Å². The molecule has 0 bridgehead atoms. The summed E-state index contributed by atoms with van der Waals surface area (Å²) in [4.78, 5) is 23.5. The molecule has 4 nitrogen and oxygen atoms in total. The Labute approximate surface area is 130 Å². The van der Waals surface area contributed by atoms with Gasteiger partial charge in [0.1, 0.15) is 0 Å². The fourth-order valence-corrected chi connectivity index (χ4v) is 2.49. The van der Waals surface area contributed by atoms with Gasteiger partial charge in [0.15, 0.2) is 0 Å².